The summed E-state index contributed by atoms with van der Waals surface area (Å²) in [5.74, 6) is -1.19. The molecule has 8 heteroatoms. The van der Waals surface area contributed by atoms with Crippen molar-refractivity contribution in [1.82, 2.24) is 4.31 Å². The molecular weight excluding hydrogens is 403 g/mol. The Hall–Kier alpha value is -2.22. The highest BCUT2D eigenvalue weighted by atomic mass is 35.5. The zero-order valence-electron chi connectivity index (χ0n) is 15.0. The molecule has 0 aliphatic carbocycles. The molecule has 1 saturated heterocycles. The lowest BCUT2D eigenvalue weighted by Gasteiger charge is -2.29. The Morgan fingerprint density at radius 1 is 1.14 bits per heavy atom. The van der Waals surface area contributed by atoms with E-state index in [2.05, 4.69) is 5.32 Å². The fourth-order valence-electron chi connectivity index (χ4n) is 3.01. The third kappa shape index (κ3) is 5.19. The summed E-state index contributed by atoms with van der Waals surface area (Å²) in [5, 5.41) is 3.84. The van der Waals surface area contributed by atoms with Gasteiger partial charge in [-0.2, -0.15) is 4.31 Å². The van der Waals surface area contributed by atoms with Crippen molar-refractivity contribution < 1.29 is 17.6 Å². The lowest BCUT2D eigenvalue weighted by atomic mass is 9.97. The zero-order chi connectivity index (χ0) is 20.1. The van der Waals surface area contributed by atoms with Gasteiger partial charge in [0.1, 0.15) is 5.82 Å². The normalized spacial score (nSPS) is 16.4. The molecule has 2 aromatic rings. The van der Waals surface area contributed by atoms with E-state index in [0.29, 0.717) is 18.5 Å². The molecule has 2 aromatic carbocycles. The fraction of sp³-hybridized carbons (Fsp3) is 0.250. The Kier molecular flexibility index (Phi) is 6.49. The molecule has 0 unspecified atom stereocenters. The summed E-state index contributed by atoms with van der Waals surface area (Å²) in [5.41, 5.74) is 1.13. The Labute approximate surface area is 168 Å². The lowest BCUT2D eigenvalue weighted by Crippen LogP contribution is -2.40. The number of carbonyl (C=O) groups is 1. The van der Waals surface area contributed by atoms with Gasteiger partial charge < -0.3 is 5.32 Å². The summed E-state index contributed by atoms with van der Waals surface area (Å²) in [6.45, 7) is 0.517. The first kappa shape index (κ1) is 20.5. The van der Waals surface area contributed by atoms with Crippen LogP contribution in [0.25, 0.3) is 6.08 Å². The summed E-state index contributed by atoms with van der Waals surface area (Å²) in [7, 11) is -3.54. The maximum Gasteiger partial charge on any atom is 0.236 e. The minimum Gasteiger partial charge on any atom is -0.326 e. The second-order valence-corrected chi connectivity index (χ2v) is 8.78. The molecule has 0 bridgehead atoms. The molecule has 148 valence electrons. The van der Waals surface area contributed by atoms with E-state index >= 15 is 0 Å². The number of sulfonamides is 1. The first-order valence-corrected chi connectivity index (χ1v) is 10.7. The van der Waals surface area contributed by atoms with Gasteiger partial charge in [0, 0.05) is 30.1 Å². The number of nitrogens with zero attached hydrogens (tertiary/aromatic N) is 1. The average molecular weight is 423 g/mol. The lowest BCUT2D eigenvalue weighted by molar-refractivity contribution is -0.120. The fourth-order valence-corrected chi connectivity index (χ4v) is 4.34. The average Bonchev–Trinajstić information content (AvgIpc) is 2.70. The third-order valence-corrected chi connectivity index (χ3v) is 6.48. The van der Waals surface area contributed by atoms with Gasteiger partial charge in [0.2, 0.25) is 15.9 Å². The van der Waals surface area contributed by atoms with E-state index in [1.54, 1.807) is 6.08 Å². The van der Waals surface area contributed by atoms with Gasteiger partial charge >= 0.3 is 0 Å². The van der Waals surface area contributed by atoms with Gasteiger partial charge in [-0.25, -0.2) is 12.8 Å². The number of benzene rings is 2. The number of halogens is 2. The Morgan fingerprint density at radius 2 is 1.82 bits per heavy atom. The zero-order valence-corrected chi connectivity index (χ0v) is 16.6. The van der Waals surface area contributed by atoms with E-state index in [-0.39, 0.29) is 29.9 Å². The molecule has 1 fully saturated rings. The van der Waals surface area contributed by atoms with E-state index in [4.69, 9.17) is 11.6 Å². The van der Waals surface area contributed by atoms with Gasteiger partial charge in [-0.05, 0) is 42.7 Å². The van der Waals surface area contributed by atoms with Gasteiger partial charge in [0.05, 0.1) is 5.02 Å². The van der Waals surface area contributed by atoms with E-state index in [1.165, 1.54) is 21.8 Å². The van der Waals surface area contributed by atoms with Crippen molar-refractivity contribution in [3.8, 4) is 0 Å². The molecule has 0 radical (unpaired) electrons. The monoisotopic (exact) mass is 422 g/mol. The van der Waals surface area contributed by atoms with Crippen LogP contribution >= 0.6 is 11.6 Å². The van der Waals surface area contributed by atoms with Crippen molar-refractivity contribution in [2.24, 2.45) is 5.92 Å². The quantitative estimate of drug-likeness (QED) is 0.787. The Bertz CT molecular complexity index is 972. The van der Waals surface area contributed by atoms with Gasteiger partial charge in [-0.1, -0.05) is 41.9 Å². The molecule has 1 N–H and O–H groups in total. The number of amides is 1. The predicted molar refractivity (Wildman–Crippen MR) is 109 cm³/mol. The van der Waals surface area contributed by atoms with Gasteiger partial charge in [-0.15, -0.1) is 0 Å². The molecule has 1 aliphatic heterocycles. The van der Waals surface area contributed by atoms with Crippen LogP contribution in [0.3, 0.4) is 0 Å². The highest BCUT2D eigenvalue weighted by molar-refractivity contribution is 7.92. The maximum absolute atomic E-state index is 13.5. The standard InChI is InChI=1S/C20H20ClFN2O3S/c21-18-7-6-17(14-19(18)22)23-20(25)16-8-11-24(12-9-16)28(26,27)13-10-15-4-2-1-3-5-15/h1-7,10,13-14,16H,8-9,11-12H2,(H,23,25). The van der Waals surface area contributed by atoms with Crippen LogP contribution in [0, 0.1) is 11.7 Å². The first-order valence-electron chi connectivity index (χ1n) is 8.84. The molecule has 1 heterocycles. The van der Waals surface area contributed by atoms with Crippen molar-refractivity contribution in [3.63, 3.8) is 0 Å². The molecule has 0 aromatic heterocycles. The summed E-state index contributed by atoms with van der Waals surface area (Å²) in [4.78, 5) is 12.4. The van der Waals surface area contributed by atoms with Gasteiger partial charge in [0.15, 0.2) is 0 Å². The molecule has 5 nitrogen and oxygen atoms in total. The molecular formula is C20H20ClFN2O3S. The third-order valence-electron chi connectivity index (χ3n) is 4.60. The number of piperidine rings is 1. The van der Waals surface area contributed by atoms with Crippen molar-refractivity contribution in [2.75, 3.05) is 18.4 Å². The number of hydrogen-bond donors (Lipinski definition) is 1. The summed E-state index contributed by atoms with van der Waals surface area (Å²) in [6, 6.07) is 13.2. The summed E-state index contributed by atoms with van der Waals surface area (Å²) in [6.07, 6.45) is 2.36. The van der Waals surface area contributed by atoms with E-state index in [9.17, 15) is 17.6 Å². The number of rotatable bonds is 5. The van der Waals surface area contributed by atoms with E-state index < -0.39 is 15.8 Å². The van der Waals surface area contributed by atoms with Crippen LogP contribution < -0.4 is 5.32 Å². The number of nitrogens with one attached hydrogen (secondary N) is 1. The van der Waals surface area contributed by atoms with Crippen LogP contribution in [0.2, 0.25) is 5.02 Å². The van der Waals surface area contributed by atoms with Crippen molar-refractivity contribution >= 4 is 39.3 Å². The molecule has 0 saturated carbocycles. The van der Waals surface area contributed by atoms with Crippen molar-refractivity contribution in [3.05, 3.63) is 70.3 Å². The van der Waals surface area contributed by atoms with Crippen molar-refractivity contribution in [2.45, 2.75) is 12.8 Å². The van der Waals surface area contributed by atoms with Crippen LogP contribution in [0.4, 0.5) is 10.1 Å². The summed E-state index contributed by atoms with van der Waals surface area (Å²) >= 11 is 5.63. The maximum atomic E-state index is 13.5. The van der Waals surface area contributed by atoms with Crippen LogP contribution in [0.5, 0.6) is 0 Å². The smallest absolute Gasteiger partial charge is 0.236 e. The molecule has 3 rings (SSSR count). The van der Waals surface area contributed by atoms with Gasteiger partial charge in [-0.3, -0.25) is 4.79 Å². The van der Waals surface area contributed by atoms with Crippen molar-refractivity contribution in [1.29, 1.82) is 0 Å². The SMILES string of the molecule is O=C(Nc1ccc(Cl)c(F)c1)C1CCN(S(=O)(=O)C=Cc2ccccc2)CC1. The van der Waals surface area contributed by atoms with Crippen LogP contribution in [-0.4, -0.2) is 31.7 Å². The first-order chi connectivity index (χ1) is 13.3. The molecule has 0 spiro atoms. The number of carbonyl (C=O) groups excluding carboxylic acids is 1. The Morgan fingerprint density at radius 3 is 2.46 bits per heavy atom. The number of hydrogen-bond acceptors (Lipinski definition) is 3. The second-order valence-electron chi connectivity index (χ2n) is 6.55. The minimum absolute atomic E-state index is 0.0138. The topological polar surface area (TPSA) is 66.5 Å². The van der Waals surface area contributed by atoms with Crippen LogP contribution in [0.15, 0.2) is 53.9 Å². The molecule has 1 amide bonds. The van der Waals surface area contributed by atoms with E-state index in [1.807, 2.05) is 30.3 Å². The summed E-state index contributed by atoms with van der Waals surface area (Å²) < 4.78 is 39.8. The largest absolute Gasteiger partial charge is 0.326 e. The molecule has 0 atom stereocenters. The minimum atomic E-state index is -3.54. The van der Waals surface area contributed by atoms with Crippen LogP contribution in [-0.2, 0) is 14.8 Å². The van der Waals surface area contributed by atoms with Gasteiger partial charge in [0.25, 0.3) is 0 Å². The Balaban J connectivity index is 1.56. The predicted octanol–water partition coefficient (Wildman–Crippen LogP) is 4.13. The molecule has 1 aliphatic rings. The van der Waals surface area contributed by atoms with Crippen LogP contribution in [0.1, 0.15) is 18.4 Å². The highest BCUT2D eigenvalue weighted by Gasteiger charge is 2.30. The highest BCUT2D eigenvalue weighted by Crippen LogP contribution is 2.24. The second kappa shape index (κ2) is 8.86. The van der Waals surface area contributed by atoms with E-state index in [0.717, 1.165) is 11.6 Å². The molecule has 28 heavy (non-hydrogen) atoms. The number of anilines is 1.